The largest absolute Gasteiger partial charge is 0.380 e. The number of hydrogen-bond donors (Lipinski definition) is 0. The Morgan fingerprint density at radius 2 is 2.06 bits per heavy atom. The van der Waals surface area contributed by atoms with Crippen LogP contribution in [0.1, 0.15) is 51.9 Å². The molecule has 0 saturated carbocycles. The minimum atomic E-state index is 0.199. The van der Waals surface area contributed by atoms with Gasteiger partial charge >= 0.3 is 0 Å². The lowest BCUT2D eigenvalue weighted by molar-refractivity contribution is 0.0998. The normalized spacial score (nSPS) is 12.8. The van der Waals surface area contributed by atoms with Gasteiger partial charge in [0, 0.05) is 20.0 Å². The number of unbranched alkanes of at least 4 members (excludes halogenated alkanes) is 3. The van der Waals surface area contributed by atoms with Gasteiger partial charge in [-0.1, -0.05) is 11.6 Å². The highest BCUT2D eigenvalue weighted by Crippen LogP contribution is 2.13. The molecule has 0 unspecified atom stereocenters. The maximum atomic E-state index is 5.31. The molecule has 0 aromatic carbocycles. The van der Waals surface area contributed by atoms with Gasteiger partial charge in [-0.15, -0.1) is 24.7 Å². The van der Waals surface area contributed by atoms with E-state index in [0.717, 1.165) is 32.1 Å². The van der Waals surface area contributed by atoms with Crippen molar-refractivity contribution in [3.63, 3.8) is 0 Å². The molecule has 0 aliphatic carbocycles. The van der Waals surface area contributed by atoms with E-state index in [1.165, 1.54) is 12.0 Å². The second kappa shape index (κ2) is 11.3. The van der Waals surface area contributed by atoms with E-state index < -0.39 is 0 Å². The predicted octanol–water partition coefficient (Wildman–Crippen LogP) is 3.94. The Morgan fingerprint density at radius 3 is 2.65 bits per heavy atom. The van der Waals surface area contributed by atoms with Crippen LogP contribution in [0.3, 0.4) is 0 Å². The fraction of sp³-hybridized carbons (Fsp3) is 0.625. The topological polar surface area (TPSA) is 9.23 Å². The van der Waals surface area contributed by atoms with Crippen molar-refractivity contribution < 1.29 is 4.74 Å². The molecule has 0 radical (unpaired) electrons. The van der Waals surface area contributed by atoms with E-state index in [0.29, 0.717) is 6.42 Å². The molecule has 17 heavy (non-hydrogen) atoms. The fourth-order valence-corrected chi connectivity index (χ4v) is 1.65. The molecule has 0 fully saturated rings. The summed E-state index contributed by atoms with van der Waals surface area (Å²) >= 11 is 0. The second-order valence-corrected chi connectivity index (χ2v) is 4.31. The average Bonchev–Trinajstić information content (AvgIpc) is 2.34. The molecule has 1 heteroatoms. The molecule has 0 aliphatic rings. The summed E-state index contributed by atoms with van der Waals surface area (Å²) in [7, 11) is 1.72. The summed E-state index contributed by atoms with van der Waals surface area (Å²) < 4.78 is 5.31. The van der Waals surface area contributed by atoms with Gasteiger partial charge in [0.25, 0.3) is 0 Å². The van der Waals surface area contributed by atoms with E-state index in [9.17, 15) is 0 Å². The lowest BCUT2D eigenvalue weighted by Gasteiger charge is -2.12. The van der Waals surface area contributed by atoms with Crippen molar-refractivity contribution in [1.82, 2.24) is 0 Å². The summed E-state index contributed by atoms with van der Waals surface area (Å²) in [6.45, 7) is 2.17. The minimum absolute atomic E-state index is 0.199. The van der Waals surface area contributed by atoms with Gasteiger partial charge in [-0.25, -0.2) is 0 Å². The van der Waals surface area contributed by atoms with Gasteiger partial charge in [-0.3, -0.25) is 0 Å². The second-order valence-electron chi connectivity index (χ2n) is 4.31. The Morgan fingerprint density at radius 1 is 1.29 bits per heavy atom. The van der Waals surface area contributed by atoms with Gasteiger partial charge in [0.15, 0.2) is 0 Å². The molecular weight excluding hydrogens is 208 g/mol. The SMILES string of the molecule is C#CCCCC/C=C(\C)CC[C@@H](CC#C)OC. The van der Waals surface area contributed by atoms with Crippen molar-refractivity contribution in [2.75, 3.05) is 7.11 Å². The van der Waals surface area contributed by atoms with Crippen molar-refractivity contribution >= 4 is 0 Å². The maximum absolute atomic E-state index is 5.31. The Hall–Kier alpha value is -1.18. The van der Waals surface area contributed by atoms with Crippen LogP contribution >= 0.6 is 0 Å². The number of terminal acetylenes is 2. The lowest BCUT2D eigenvalue weighted by Crippen LogP contribution is -2.09. The predicted molar refractivity (Wildman–Crippen MR) is 74.5 cm³/mol. The maximum Gasteiger partial charge on any atom is 0.0683 e. The smallest absolute Gasteiger partial charge is 0.0683 e. The Balaban J connectivity index is 3.69. The molecule has 0 heterocycles. The van der Waals surface area contributed by atoms with Gasteiger partial charge in [0.2, 0.25) is 0 Å². The van der Waals surface area contributed by atoms with Crippen LogP contribution in [-0.4, -0.2) is 13.2 Å². The lowest BCUT2D eigenvalue weighted by atomic mass is 10.0. The van der Waals surface area contributed by atoms with Crippen LogP contribution < -0.4 is 0 Å². The van der Waals surface area contributed by atoms with Crippen molar-refractivity contribution in [3.05, 3.63) is 11.6 Å². The van der Waals surface area contributed by atoms with Crippen LogP contribution in [0, 0.1) is 24.7 Å². The molecule has 0 saturated heterocycles. The molecule has 0 amide bonds. The quantitative estimate of drug-likeness (QED) is 0.332. The van der Waals surface area contributed by atoms with Gasteiger partial charge in [0.1, 0.15) is 0 Å². The molecule has 0 aromatic heterocycles. The molecule has 94 valence electrons. The third kappa shape index (κ3) is 9.73. The van der Waals surface area contributed by atoms with Gasteiger partial charge < -0.3 is 4.74 Å². The first kappa shape index (κ1) is 15.8. The molecule has 0 rings (SSSR count). The summed E-state index contributed by atoms with van der Waals surface area (Å²) in [5.74, 6) is 5.31. The highest BCUT2D eigenvalue weighted by molar-refractivity contribution is 4.99. The zero-order valence-corrected chi connectivity index (χ0v) is 11.2. The third-order valence-electron chi connectivity index (χ3n) is 2.81. The van der Waals surface area contributed by atoms with Gasteiger partial charge in [0.05, 0.1) is 6.10 Å². The molecule has 0 aliphatic heterocycles. The zero-order chi connectivity index (χ0) is 12.9. The third-order valence-corrected chi connectivity index (χ3v) is 2.81. The number of ether oxygens (including phenoxy) is 1. The molecule has 0 spiro atoms. The molecule has 1 nitrogen and oxygen atoms in total. The monoisotopic (exact) mass is 232 g/mol. The summed E-state index contributed by atoms with van der Waals surface area (Å²) in [6.07, 6.45) is 20.1. The van der Waals surface area contributed by atoms with E-state index in [1.807, 2.05) is 0 Å². The van der Waals surface area contributed by atoms with Crippen LogP contribution in [0.4, 0.5) is 0 Å². The Kier molecular flexibility index (Phi) is 10.5. The summed E-state index contributed by atoms with van der Waals surface area (Å²) in [5.41, 5.74) is 1.42. The van der Waals surface area contributed by atoms with Gasteiger partial charge in [-0.2, -0.15) is 0 Å². The zero-order valence-electron chi connectivity index (χ0n) is 11.2. The van der Waals surface area contributed by atoms with Crippen molar-refractivity contribution in [2.24, 2.45) is 0 Å². The molecule has 1 atom stereocenters. The number of rotatable bonds is 9. The number of allylic oxidation sites excluding steroid dienone is 2. The van der Waals surface area contributed by atoms with E-state index in [1.54, 1.807) is 7.11 Å². The standard InChI is InChI=1S/C16H24O/c1-5-7-8-9-10-12-15(3)13-14-16(17-4)11-6-2/h1-2,12,16H,7-11,13-14H2,3-4H3/b15-12+/t16-/m1/s1. The first-order chi connectivity index (χ1) is 8.24. The van der Waals surface area contributed by atoms with E-state index in [4.69, 9.17) is 17.6 Å². The molecule has 0 N–H and O–H groups in total. The van der Waals surface area contributed by atoms with Gasteiger partial charge in [-0.05, 0) is 39.0 Å². The first-order valence-electron chi connectivity index (χ1n) is 6.30. The number of hydrogen-bond acceptors (Lipinski definition) is 1. The van der Waals surface area contributed by atoms with E-state index in [-0.39, 0.29) is 6.10 Å². The number of methoxy groups -OCH3 is 1. The average molecular weight is 232 g/mol. The first-order valence-corrected chi connectivity index (χ1v) is 6.30. The summed E-state index contributed by atoms with van der Waals surface area (Å²) in [5, 5.41) is 0. The Labute approximate surface area is 107 Å². The minimum Gasteiger partial charge on any atom is -0.380 e. The molecule has 0 bridgehead atoms. The highest BCUT2D eigenvalue weighted by atomic mass is 16.5. The summed E-state index contributed by atoms with van der Waals surface area (Å²) in [4.78, 5) is 0. The molecular formula is C16H24O. The molecule has 0 aromatic rings. The van der Waals surface area contributed by atoms with Crippen LogP contribution in [0.25, 0.3) is 0 Å². The van der Waals surface area contributed by atoms with Crippen molar-refractivity contribution in [3.8, 4) is 24.7 Å². The van der Waals surface area contributed by atoms with E-state index >= 15 is 0 Å². The van der Waals surface area contributed by atoms with Crippen molar-refractivity contribution in [1.29, 1.82) is 0 Å². The Bertz CT molecular complexity index is 288. The highest BCUT2D eigenvalue weighted by Gasteiger charge is 2.04. The summed E-state index contributed by atoms with van der Waals surface area (Å²) in [6, 6.07) is 0. The van der Waals surface area contributed by atoms with Crippen LogP contribution in [0.5, 0.6) is 0 Å². The van der Waals surface area contributed by atoms with Crippen LogP contribution in [-0.2, 0) is 4.74 Å². The van der Waals surface area contributed by atoms with E-state index in [2.05, 4.69) is 24.8 Å². The van der Waals surface area contributed by atoms with Crippen molar-refractivity contribution in [2.45, 2.75) is 58.0 Å². The fourth-order valence-electron chi connectivity index (χ4n) is 1.65. The van der Waals surface area contributed by atoms with Crippen LogP contribution in [0.15, 0.2) is 11.6 Å². The van der Waals surface area contributed by atoms with Crippen LogP contribution in [0.2, 0.25) is 0 Å².